The van der Waals surface area contributed by atoms with Gasteiger partial charge in [0.05, 0.1) is 17.9 Å². The molecule has 2 heterocycles. The number of para-hydroxylation sites is 1. The predicted octanol–water partition coefficient (Wildman–Crippen LogP) is 5.22. The van der Waals surface area contributed by atoms with Crippen molar-refractivity contribution in [1.82, 2.24) is 9.91 Å². The summed E-state index contributed by atoms with van der Waals surface area (Å²) in [6.45, 7) is 9.08. The standard InChI is InChI=1S/C33H44N6O3/c1-33(2,3)29(40)22-38-28-16-9-8-15-27(28)31(24-11-6-5-7-12-24)35-39(32(38)42)23-30(41)34-25-13-10-14-26(21-25)37-19-17-36(4)18-20-37/h8-10,13-16,21,24H,5-7,11-12,17-20,22-23H2,1-4H3,(H,34,41). The van der Waals surface area contributed by atoms with Gasteiger partial charge in [-0.1, -0.05) is 64.3 Å². The van der Waals surface area contributed by atoms with Crippen molar-refractivity contribution in [3.8, 4) is 0 Å². The zero-order valence-corrected chi connectivity index (χ0v) is 25.4. The van der Waals surface area contributed by atoms with Crippen LogP contribution in [-0.4, -0.2) is 79.7 Å². The van der Waals surface area contributed by atoms with Gasteiger partial charge in [0.15, 0.2) is 5.78 Å². The topological polar surface area (TPSA) is 88.6 Å². The number of Topliss-reactive ketones (excluding diaryl/α,β-unsaturated/α-hetero) is 1. The number of hydrazone groups is 1. The van der Waals surface area contributed by atoms with Gasteiger partial charge in [0, 0.05) is 54.5 Å². The molecule has 2 aromatic rings. The van der Waals surface area contributed by atoms with Gasteiger partial charge < -0.3 is 15.1 Å². The Balaban J connectivity index is 1.41. The molecule has 0 bridgehead atoms. The number of carbonyl (C=O) groups is 3. The highest BCUT2D eigenvalue weighted by Crippen LogP contribution is 2.34. The lowest BCUT2D eigenvalue weighted by atomic mass is 9.83. The summed E-state index contributed by atoms with van der Waals surface area (Å²) >= 11 is 0. The molecule has 3 aliphatic rings. The van der Waals surface area contributed by atoms with E-state index in [0.29, 0.717) is 11.4 Å². The largest absolute Gasteiger partial charge is 0.369 e. The van der Waals surface area contributed by atoms with Gasteiger partial charge >= 0.3 is 6.03 Å². The molecule has 0 spiro atoms. The zero-order valence-electron chi connectivity index (χ0n) is 25.4. The normalized spacial score (nSPS) is 18.8. The van der Waals surface area contributed by atoms with E-state index in [1.165, 1.54) is 16.3 Å². The molecule has 224 valence electrons. The van der Waals surface area contributed by atoms with Crippen LogP contribution in [0.4, 0.5) is 21.9 Å². The SMILES string of the molecule is CN1CCN(c2cccc(NC(=O)CN3N=C(C4CCCCC4)c4ccccc4N(CC(=O)C(C)(C)C)C3=O)c2)CC1. The number of piperazine rings is 1. The molecule has 0 radical (unpaired) electrons. The van der Waals surface area contributed by atoms with E-state index in [1.807, 2.05) is 63.2 Å². The lowest BCUT2D eigenvalue weighted by Gasteiger charge is -2.34. The molecule has 42 heavy (non-hydrogen) atoms. The van der Waals surface area contributed by atoms with Gasteiger partial charge in [-0.05, 0) is 44.2 Å². The molecule has 0 aromatic heterocycles. The highest BCUT2D eigenvalue weighted by Gasteiger charge is 2.36. The van der Waals surface area contributed by atoms with Crippen molar-refractivity contribution in [1.29, 1.82) is 0 Å². The maximum absolute atomic E-state index is 14.1. The van der Waals surface area contributed by atoms with Crippen molar-refractivity contribution in [2.24, 2.45) is 16.4 Å². The molecule has 1 saturated carbocycles. The lowest BCUT2D eigenvalue weighted by Crippen LogP contribution is -2.47. The van der Waals surface area contributed by atoms with Crippen LogP contribution in [0, 0.1) is 11.3 Å². The summed E-state index contributed by atoms with van der Waals surface area (Å²) in [5.41, 5.74) is 3.49. The Kier molecular flexibility index (Phi) is 8.96. The number of hydrogen-bond donors (Lipinski definition) is 1. The predicted molar refractivity (Wildman–Crippen MR) is 168 cm³/mol. The van der Waals surface area contributed by atoms with E-state index in [-0.39, 0.29) is 30.7 Å². The number of rotatable bonds is 7. The minimum absolute atomic E-state index is 0.0584. The highest BCUT2D eigenvalue weighted by molar-refractivity contribution is 6.13. The van der Waals surface area contributed by atoms with Gasteiger partial charge in [-0.3, -0.25) is 14.5 Å². The number of likely N-dealkylation sites (N-methyl/N-ethyl adjacent to an activating group) is 1. The molecule has 2 aliphatic heterocycles. The fourth-order valence-electron chi connectivity index (χ4n) is 5.89. The number of carbonyl (C=O) groups excluding carboxylic acids is 3. The smallest absolute Gasteiger partial charge is 0.345 e. The number of ketones is 1. The van der Waals surface area contributed by atoms with E-state index in [0.717, 1.165) is 68.8 Å². The van der Waals surface area contributed by atoms with Crippen molar-refractivity contribution in [3.05, 3.63) is 54.1 Å². The summed E-state index contributed by atoms with van der Waals surface area (Å²) in [6, 6.07) is 15.1. The highest BCUT2D eigenvalue weighted by atomic mass is 16.2. The maximum atomic E-state index is 14.1. The Morgan fingerprint density at radius 1 is 0.929 bits per heavy atom. The first kappa shape index (κ1) is 29.8. The Labute approximate surface area is 249 Å². The molecule has 1 N–H and O–H groups in total. The van der Waals surface area contributed by atoms with Crippen LogP contribution in [0.1, 0.15) is 58.4 Å². The van der Waals surface area contributed by atoms with Crippen LogP contribution in [0.2, 0.25) is 0 Å². The fourth-order valence-corrected chi connectivity index (χ4v) is 5.89. The second-order valence-corrected chi connectivity index (χ2v) is 12.8. The van der Waals surface area contributed by atoms with Crippen LogP contribution in [0.25, 0.3) is 0 Å². The second kappa shape index (κ2) is 12.7. The Hall–Kier alpha value is -3.72. The van der Waals surface area contributed by atoms with Crippen LogP contribution in [0.3, 0.4) is 0 Å². The van der Waals surface area contributed by atoms with Gasteiger partial charge in [-0.25, -0.2) is 9.80 Å². The number of anilines is 3. The van der Waals surface area contributed by atoms with Crippen molar-refractivity contribution < 1.29 is 14.4 Å². The first-order chi connectivity index (χ1) is 20.1. The Morgan fingerprint density at radius 3 is 2.36 bits per heavy atom. The summed E-state index contributed by atoms with van der Waals surface area (Å²) in [5.74, 6) is -0.202. The molecule has 1 saturated heterocycles. The fraction of sp³-hybridized carbons (Fsp3) is 0.515. The molecule has 3 amide bonds. The number of fused-ring (bicyclic) bond motifs is 1. The van der Waals surface area contributed by atoms with E-state index in [4.69, 9.17) is 5.10 Å². The molecule has 1 aliphatic carbocycles. The number of benzene rings is 2. The number of nitrogens with zero attached hydrogens (tertiary/aromatic N) is 5. The summed E-state index contributed by atoms with van der Waals surface area (Å²) in [4.78, 5) is 46.8. The molecule has 2 aromatic carbocycles. The molecular formula is C33H44N6O3. The minimum atomic E-state index is -0.619. The van der Waals surface area contributed by atoms with Crippen LogP contribution < -0.4 is 15.1 Å². The summed E-state index contributed by atoms with van der Waals surface area (Å²) < 4.78 is 0. The van der Waals surface area contributed by atoms with Crippen LogP contribution >= 0.6 is 0 Å². The minimum Gasteiger partial charge on any atom is -0.369 e. The third-order valence-corrected chi connectivity index (χ3v) is 8.57. The summed E-state index contributed by atoms with van der Waals surface area (Å²) in [6.07, 6.45) is 5.38. The molecule has 5 rings (SSSR count). The third kappa shape index (κ3) is 6.84. The van der Waals surface area contributed by atoms with E-state index >= 15 is 0 Å². The number of amides is 3. The molecular weight excluding hydrogens is 528 g/mol. The van der Waals surface area contributed by atoms with E-state index in [2.05, 4.69) is 28.2 Å². The van der Waals surface area contributed by atoms with Crippen LogP contribution in [0.5, 0.6) is 0 Å². The first-order valence-electron chi connectivity index (χ1n) is 15.2. The van der Waals surface area contributed by atoms with E-state index in [1.54, 1.807) is 0 Å². The van der Waals surface area contributed by atoms with E-state index < -0.39 is 11.4 Å². The number of nitrogens with one attached hydrogen (secondary N) is 1. The maximum Gasteiger partial charge on any atom is 0.345 e. The van der Waals surface area contributed by atoms with Crippen molar-refractivity contribution in [2.45, 2.75) is 52.9 Å². The molecule has 0 unspecified atom stereocenters. The van der Waals surface area contributed by atoms with Gasteiger partial charge in [-0.15, -0.1) is 0 Å². The molecule has 9 nitrogen and oxygen atoms in total. The number of urea groups is 1. The Bertz CT molecular complexity index is 1340. The van der Waals surface area contributed by atoms with Gasteiger partial charge in [-0.2, -0.15) is 5.10 Å². The Morgan fingerprint density at radius 2 is 1.64 bits per heavy atom. The molecule has 9 heteroatoms. The number of hydrogen-bond acceptors (Lipinski definition) is 6. The average molecular weight is 573 g/mol. The van der Waals surface area contributed by atoms with Gasteiger partial charge in [0.25, 0.3) is 0 Å². The van der Waals surface area contributed by atoms with Crippen molar-refractivity contribution in [2.75, 3.05) is 61.4 Å². The zero-order chi connectivity index (χ0) is 29.9. The van der Waals surface area contributed by atoms with Gasteiger partial charge in [0.1, 0.15) is 6.54 Å². The van der Waals surface area contributed by atoms with Crippen LogP contribution in [0.15, 0.2) is 53.6 Å². The van der Waals surface area contributed by atoms with Gasteiger partial charge in [0.2, 0.25) is 5.91 Å². The molecule has 2 fully saturated rings. The van der Waals surface area contributed by atoms with Crippen molar-refractivity contribution in [3.63, 3.8) is 0 Å². The summed E-state index contributed by atoms with van der Waals surface area (Å²) in [5, 5.41) is 9.15. The van der Waals surface area contributed by atoms with Crippen molar-refractivity contribution >= 4 is 40.5 Å². The quantitative estimate of drug-likeness (QED) is 0.492. The van der Waals surface area contributed by atoms with E-state index in [9.17, 15) is 14.4 Å². The third-order valence-electron chi connectivity index (χ3n) is 8.57. The average Bonchev–Trinajstić information content (AvgIpc) is 3.08. The first-order valence-corrected chi connectivity index (χ1v) is 15.2. The summed E-state index contributed by atoms with van der Waals surface area (Å²) in [7, 11) is 2.12. The van der Waals surface area contributed by atoms with Crippen LogP contribution in [-0.2, 0) is 9.59 Å². The monoisotopic (exact) mass is 572 g/mol. The second-order valence-electron chi connectivity index (χ2n) is 12.8. The molecule has 0 atom stereocenters. The lowest BCUT2D eigenvalue weighted by molar-refractivity contribution is -0.124.